The molecule has 1 N–H and O–H groups in total. The first-order valence-corrected chi connectivity index (χ1v) is 9.30. The molecule has 4 rings (SSSR count). The normalized spacial score (nSPS) is 11.6. The molecule has 1 amide bonds. The number of amides is 1. The van der Waals surface area contributed by atoms with Crippen molar-refractivity contribution < 1.29 is 4.79 Å². The van der Waals surface area contributed by atoms with Gasteiger partial charge in [0.25, 0.3) is 0 Å². The van der Waals surface area contributed by atoms with Crippen molar-refractivity contribution >= 4 is 33.5 Å². The Balaban J connectivity index is 1.62. The van der Waals surface area contributed by atoms with Crippen molar-refractivity contribution in [2.24, 2.45) is 13.0 Å². The summed E-state index contributed by atoms with van der Waals surface area (Å²) in [5, 5.41) is 4.20. The molecule has 0 bridgehead atoms. The number of hydrogen-bond acceptors (Lipinski definition) is 2. The minimum atomic E-state index is 0.0410. The second-order valence-electron chi connectivity index (χ2n) is 7.44. The SMILES string of the molecule is CC(C)CC(=O)Nc1ccc2c(c1)nc(Cn1ccc3ccccc31)n2C. The van der Waals surface area contributed by atoms with Crippen LogP contribution in [0.5, 0.6) is 0 Å². The molecule has 0 aliphatic rings. The minimum absolute atomic E-state index is 0.0410. The highest BCUT2D eigenvalue weighted by Gasteiger charge is 2.11. The van der Waals surface area contributed by atoms with Crippen LogP contribution in [0.4, 0.5) is 5.69 Å². The first-order chi connectivity index (χ1) is 13.0. The molecule has 2 aromatic carbocycles. The number of anilines is 1. The molecule has 4 aromatic rings. The molecular formula is C22H24N4O. The monoisotopic (exact) mass is 360 g/mol. The van der Waals surface area contributed by atoms with Gasteiger partial charge in [-0.3, -0.25) is 4.79 Å². The van der Waals surface area contributed by atoms with E-state index in [9.17, 15) is 4.79 Å². The molecule has 0 aliphatic heterocycles. The standard InChI is InChI=1S/C22H24N4O/c1-15(2)12-22(27)23-17-8-9-20-18(13-17)24-21(25(20)3)14-26-11-10-16-6-4-5-7-19(16)26/h4-11,13,15H,12,14H2,1-3H3,(H,23,27). The predicted octanol–water partition coefficient (Wildman–Crippen LogP) is 4.56. The quantitative estimate of drug-likeness (QED) is 0.567. The highest BCUT2D eigenvalue weighted by atomic mass is 16.1. The number of nitrogens with zero attached hydrogens (tertiary/aromatic N) is 3. The maximum Gasteiger partial charge on any atom is 0.224 e. The Hall–Kier alpha value is -3.08. The van der Waals surface area contributed by atoms with E-state index in [-0.39, 0.29) is 5.91 Å². The van der Waals surface area contributed by atoms with Crippen LogP contribution in [-0.2, 0) is 18.4 Å². The van der Waals surface area contributed by atoms with Crippen LogP contribution >= 0.6 is 0 Å². The lowest BCUT2D eigenvalue weighted by molar-refractivity contribution is -0.116. The predicted molar refractivity (Wildman–Crippen MR) is 110 cm³/mol. The number of aromatic nitrogens is 3. The molecule has 0 fully saturated rings. The highest BCUT2D eigenvalue weighted by molar-refractivity contribution is 5.93. The smallest absolute Gasteiger partial charge is 0.224 e. The zero-order chi connectivity index (χ0) is 19.0. The Morgan fingerprint density at radius 1 is 1.11 bits per heavy atom. The van der Waals surface area contributed by atoms with E-state index in [4.69, 9.17) is 4.98 Å². The summed E-state index contributed by atoms with van der Waals surface area (Å²) < 4.78 is 4.33. The Bertz CT molecular complexity index is 1120. The summed E-state index contributed by atoms with van der Waals surface area (Å²) in [5.74, 6) is 1.36. The van der Waals surface area contributed by atoms with Gasteiger partial charge in [-0.05, 0) is 41.6 Å². The summed E-state index contributed by atoms with van der Waals surface area (Å²) in [6, 6.07) is 16.4. The highest BCUT2D eigenvalue weighted by Crippen LogP contribution is 2.22. The summed E-state index contributed by atoms with van der Waals surface area (Å²) in [5.41, 5.74) is 3.95. The van der Waals surface area contributed by atoms with Crippen molar-refractivity contribution in [2.75, 3.05) is 5.32 Å². The van der Waals surface area contributed by atoms with Gasteiger partial charge in [0.1, 0.15) is 5.82 Å². The van der Waals surface area contributed by atoms with E-state index in [0.717, 1.165) is 22.5 Å². The van der Waals surface area contributed by atoms with E-state index in [1.165, 1.54) is 10.9 Å². The Morgan fingerprint density at radius 2 is 1.93 bits per heavy atom. The number of fused-ring (bicyclic) bond motifs is 2. The largest absolute Gasteiger partial charge is 0.340 e. The van der Waals surface area contributed by atoms with Gasteiger partial charge in [-0.2, -0.15) is 0 Å². The van der Waals surface area contributed by atoms with Crippen molar-refractivity contribution in [1.29, 1.82) is 0 Å². The molecule has 0 aliphatic carbocycles. The lowest BCUT2D eigenvalue weighted by Gasteiger charge is -2.07. The second-order valence-corrected chi connectivity index (χ2v) is 7.44. The number of carbonyl (C=O) groups excluding carboxylic acids is 1. The van der Waals surface area contributed by atoms with Gasteiger partial charge in [0.2, 0.25) is 5.91 Å². The molecule has 0 atom stereocenters. The average Bonchev–Trinajstić information content (AvgIpc) is 3.16. The fourth-order valence-corrected chi connectivity index (χ4v) is 3.48. The third-order valence-corrected chi connectivity index (χ3v) is 4.84. The van der Waals surface area contributed by atoms with E-state index in [0.29, 0.717) is 18.9 Å². The van der Waals surface area contributed by atoms with Crippen LogP contribution in [0.1, 0.15) is 26.1 Å². The number of hydrogen-bond donors (Lipinski definition) is 1. The Kier molecular flexibility index (Phi) is 4.44. The van der Waals surface area contributed by atoms with Gasteiger partial charge in [-0.15, -0.1) is 0 Å². The van der Waals surface area contributed by atoms with E-state index in [1.54, 1.807) is 0 Å². The third kappa shape index (κ3) is 3.45. The zero-order valence-electron chi connectivity index (χ0n) is 15.9. The van der Waals surface area contributed by atoms with E-state index in [2.05, 4.69) is 51.0 Å². The zero-order valence-corrected chi connectivity index (χ0v) is 15.9. The number of para-hydroxylation sites is 1. The topological polar surface area (TPSA) is 51.9 Å². The number of carbonyl (C=O) groups is 1. The van der Waals surface area contributed by atoms with Gasteiger partial charge in [-0.1, -0.05) is 32.0 Å². The summed E-state index contributed by atoms with van der Waals surface area (Å²) >= 11 is 0. The molecule has 5 heteroatoms. The van der Waals surface area contributed by atoms with E-state index in [1.807, 2.05) is 39.1 Å². The van der Waals surface area contributed by atoms with Crippen molar-refractivity contribution in [3.05, 3.63) is 60.6 Å². The van der Waals surface area contributed by atoms with Crippen LogP contribution in [0.25, 0.3) is 21.9 Å². The van der Waals surface area contributed by atoms with Crippen LogP contribution in [-0.4, -0.2) is 20.0 Å². The van der Waals surface area contributed by atoms with Gasteiger partial charge in [0.15, 0.2) is 0 Å². The molecule has 0 spiro atoms. The van der Waals surface area contributed by atoms with Gasteiger partial charge < -0.3 is 14.5 Å². The van der Waals surface area contributed by atoms with Gasteiger partial charge in [-0.25, -0.2) is 4.98 Å². The summed E-state index contributed by atoms with van der Waals surface area (Å²) in [7, 11) is 2.04. The molecule has 0 saturated carbocycles. The van der Waals surface area contributed by atoms with Gasteiger partial charge >= 0.3 is 0 Å². The molecule has 0 radical (unpaired) electrons. The van der Waals surface area contributed by atoms with E-state index < -0.39 is 0 Å². The first kappa shape index (κ1) is 17.3. The lowest BCUT2D eigenvalue weighted by atomic mass is 10.1. The summed E-state index contributed by atoms with van der Waals surface area (Å²) in [4.78, 5) is 16.8. The Morgan fingerprint density at radius 3 is 2.74 bits per heavy atom. The average molecular weight is 360 g/mol. The van der Waals surface area contributed by atoms with Gasteiger partial charge in [0, 0.05) is 30.9 Å². The maximum atomic E-state index is 12.0. The molecule has 5 nitrogen and oxygen atoms in total. The second kappa shape index (κ2) is 6.91. The molecule has 138 valence electrons. The third-order valence-electron chi connectivity index (χ3n) is 4.84. The van der Waals surface area contributed by atoms with Crippen molar-refractivity contribution in [3.63, 3.8) is 0 Å². The van der Waals surface area contributed by atoms with Crippen LogP contribution in [0.15, 0.2) is 54.7 Å². The summed E-state index contributed by atoms with van der Waals surface area (Å²) in [6.07, 6.45) is 2.62. The number of imidazole rings is 1. The van der Waals surface area contributed by atoms with Crippen molar-refractivity contribution in [3.8, 4) is 0 Å². The van der Waals surface area contributed by atoms with Crippen molar-refractivity contribution in [2.45, 2.75) is 26.8 Å². The number of rotatable bonds is 5. The molecule has 27 heavy (non-hydrogen) atoms. The van der Waals surface area contributed by atoms with Gasteiger partial charge in [0.05, 0.1) is 17.6 Å². The fourth-order valence-electron chi connectivity index (χ4n) is 3.48. The molecule has 0 unspecified atom stereocenters. The maximum absolute atomic E-state index is 12.0. The molecule has 2 heterocycles. The number of aryl methyl sites for hydroxylation is 1. The van der Waals surface area contributed by atoms with E-state index >= 15 is 0 Å². The fraction of sp³-hybridized carbons (Fsp3) is 0.273. The molecule has 2 aromatic heterocycles. The minimum Gasteiger partial charge on any atom is -0.340 e. The lowest BCUT2D eigenvalue weighted by Crippen LogP contribution is -2.13. The van der Waals surface area contributed by atoms with Crippen molar-refractivity contribution in [1.82, 2.24) is 14.1 Å². The number of nitrogens with one attached hydrogen (secondary N) is 1. The number of benzene rings is 2. The molecular weight excluding hydrogens is 336 g/mol. The van der Waals surface area contributed by atoms with Crippen LogP contribution in [0.3, 0.4) is 0 Å². The first-order valence-electron chi connectivity index (χ1n) is 9.30. The Labute approximate surface area is 158 Å². The van der Waals surface area contributed by atoms with Crippen LogP contribution in [0.2, 0.25) is 0 Å². The molecule has 0 saturated heterocycles. The van der Waals surface area contributed by atoms with Crippen LogP contribution in [0, 0.1) is 5.92 Å². The van der Waals surface area contributed by atoms with Crippen LogP contribution < -0.4 is 5.32 Å². The summed E-state index contributed by atoms with van der Waals surface area (Å²) in [6.45, 7) is 4.78.